The third-order valence-corrected chi connectivity index (χ3v) is 6.81. The molecule has 0 saturated carbocycles. The third kappa shape index (κ3) is 6.37. The molecule has 10 heteroatoms. The minimum atomic E-state index is -1.05. The van der Waals surface area contributed by atoms with Crippen LogP contribution >= 0.6 is 0 Å². The van der Waals surface area contributed by atoms with Gasteiger partial charge >= 0.3 is 12.1 Å². The van der Waals surface area contributed by atoms with E-state index in [1.807, 2.05) is 56.7 Å². The summed E-state index contributed by atoms with van der Waals surface area (Å²) in [7, 11) is 3.41. The minimum Gasteiger partial charge on any atom is -0.494 e. The highest BCUT2D eigenvalue weighted by Gasteiger charge is 2.24. The van der Waals surface area contributed by atoms with Crippen LogP contribution in [-0.2, 0) is 18.3 Å². The number of nitrogens with one attached hydrogen (secondary N) is 1. The van der Waals surface area contributed by atoms with Crippen LogP contribution in [0.25, 0.3) is 33.6 Å². The van der Waals surface area contributed by atoms with Crippen molar-refractivity contribution in [3.63, 3.8) is 0 Å². The summed E-state index contributed by atoms with van der Waals surface area (Å²) in [5.74, 6) is 0.0526. The number of carbonyl (C=O) groups excluding carboxylic acids is 1. The molecule has 2 N–H and O–H groups in total. The SMILES string of the molecule is C=CCCCn1c(-c2nc3cc(C(=O)O)cc(OC)c3n2C)cc2ccc(C(CCC)NC(=O)OC(C)(C)C)nc21. The van der Waals surface area contributed by atoms with Gasteiger partial charge in [0.15, 0.2) is 5.82 Å². The Hall–Kier alpha value is -4.34. The van der Waals surface area contributed by atoms with Crippen molar-refractivity contribution >= 4 is 34.1 Å². The molecule has 4 rings (SSSR count). The minimum absolute atomic E-state index is 0.108. The Morgan fingerprint density at radius 2 is 1.95 bits per heavy atom. The number of aromatic carboxylic acids is 1. The normalized spacial score (nSPS) is 12.4. The van der Waals surface area contributed by atoms with Gasteiger partial charge in [-0.3, -0.25) is 0 Å². The maximum Gasteiger partial charge on any atom is 0.408 e. The summed E-state index contributed by atoms with van der Waals surface area (Å²) < 4.78 is 15.1. The second-order valence-corrected chi connectivity index (χ2v) is 11.1. The molecule has 1 unspecified atom stereocenters. The highest BCUT2D eigenvalue weighted by molar-refractivity contribution is 5.96. The van der Waals surface area contributed by atoms with Crippen LogP contribution in [0, 0.1) is 0 Å². The number of fused-ring (bicyclic) bond motifs is 2. The number of carboxylic acid groups (broad SMARTS) is 1. The molecule has 4 aromatic rings. The van der Waals surface area contributed by atoms with E-state index in [4.69, 9.17) is 19.4 Å². The van der Waals surface area contributed by atoms with E-state index in [9.17, 15) is 14.7 Å². The predicted molar refractivity (Wildman–Crippen MR) is 159 cm³/mol. The number of imidazole rings is 1. The van der Waals surface area contributed by atoms with Crippen molar-refractivity contribution in [3.8, 4) is 17.3 Å². The van der Waals surface area contributed by atoms with Gasteiger partial charge in [-0.25, -0.2) is 19.6 Å². The lowest BCUT2D eigenvalue weighted by Gasteiger charge is -2.23. The number of hydrogen-bond donors (Lipinski definition) is 2. The Labute approximate surface area is 240 Å². The van der Waals surface area contributed by atoms with Crippen LogP contribution in [0.5, 0.6) is 5.75 Å². The number of pyridine rings is 1. The first-order valence-electron chi connectivity index (χ1n) is 13.9. The molecule has 3 heterocycles. The fraction of sp³-hybridized carbons (Fsp3) is 0.419. The first-order chi connectivity index (χ1) is 19.5. The van der Waals surface area contributed by atoms with Crippen molar-refractivity contribution in [1.29, 1.82) is 0 Å². The van der Waals surface area contributed by atoms with Crippen LogP contribution in [-0.4, -0.2) is 49.0 Å². The molecule has 1 atom stereocenters. The maximum absolute atomic E-state index is 12.6. The number of benzene rings is 1. The van der Waals surface area contributed by atoms with E-state index in [0.29, 0.717) is 35.6 Å². The number of amides is 1. The summed E-state index contributed by atoms with van der Waals surface area (Å²) in [4.78, 5) is 34.2. The fourth-order valence-corrected chi connectivity index (χ4v) is 4.99. The van der Waals surface area contributed by atoms with Crippen molar-refractivity contribution < 1.29 is 24.2 Å². The molecular formula is C31H39N5O5. The van der Waals surface area contributed by atoms with Crippen LogP contribution in [0.2, 0.25) is 0 Å². The molecule has 0 aliphatic rings. The Balaban J connectivity index is 1.85. The van der Waals surface area contributed by atoms with E-state index < -0.39 is 17.7 Å². The van der Waals surface area contributed by atoms with Gasteiger partial charge in [-0.1, -0.05) is 19.4 Å². The molecule has 3 aromatic heterocycles. The molecular weight excluding hydrogens is 522 g/mol. The van der Waals surface area contributed by atoms with Gasteiger partial charge in [-0.15, -0.1) is 6.58 Å². The fourth-order valence-electron chi connectivity index (χ4n) is 4.99. The number of methoxy groups -OCH3 is 1. The van der Waals surface area contributed by atoms with Crippen LogP contribution < -0.4 is 10.1 Å². The molecule has 0 saturated heterocycles. The number of nitrogens with zero attached hydrogens (tertiary/aromatic N) is 4. The summed E-state index contributed by atoms with van der Waals surface area (Å²) in [6.07, 6.45) is 4.64. The number of allylic oxidation sites excluding steroid dienone is 1. The van der Waals surface area contributed by atoms with Crippen LogP contribution in [0.1, 0.15) is 75.5 Å². The summed E-state index contributed by atoms with van der Waals surface area (Å²) in [5.41, 5.74) is 3.10. The largest absolute Gasteiger partial charge is 0.494 e. The first kappa shape index (κ1) is 29.6. The van der Waals surface area contributed by atoms with Crippen LogP contribution in [0.3, 0.4) is 0 Å². The van der Waals surface area contributed by atoms with E-state index in [-0.39, 0.29) is 11.6 Å². The second-order valence-electron chi connectivity index (χ2n) is 11.1. The number of hydrogen-bond acceptors (Lipinski definition) is 6. The van der Waals surface area contributed by atoms with Gasteiger partial charge in [-0.05, 0) is 70.4 Å². The van der Waals surface area contributed by atoms with Crippen molar-refractivity contribution in [2.45, 2.75) is 71.6 Å². The Morgan fingerprint density at radius 3 is 2.59 bits per heavy atom. The van der Waals surface area contributed by atoms with Crippen molar-refractivity contribution in [1.82, 2.24) is 24.4 Å². The zero-order chi connectivity index (χ0) is 29.9. The molecule has 0 spiro atoms. The van der Waals surface area contributed by atoms with Crippen molar-refractivity contribution in [3.05, 3.63) is 54.2 Å². The molecule has 0 aliphatic carbocycles. The third-order valence-electron chi connectivity index (χ3n) is 6.81. The molecule has 218 valence electrons. The number of rotatable bonds is 11. The Morgan fingerprint density at radius 1 is 1.20 bits per heavy atom. The molecule has 0 fully saturated rings. The molecule has 10 nitrogen and oxygen atoms in total. The Bertz CT molecular complexity index is 1590. The lowest BCUT2D eigenvalue weighted by Crippen LogP contribution is -2.35. The number of alkyl carbamates (subject to hydrolysis) is 1. The van der Waals surface area contributed by atoms with Crippen molar-refractivity contribution in [2.75, 3.05) is 7.11 Å². The van der Waals surface area contributed by atoms with E-state index in [1.54, 1.807) is 6.07 Å². The number of aromatic nitrogens is 4. The van der Waals surface area contributed by atoms with Gasteiger partial charge in [0, 0.05) is 19.0 Å². The zero-order valence-corrected chi connectivity index (χ0v) is 24.7. The quantitative estimate of drug-likeness (QED) is 0.156. The second kappa shape index (κ2) is 12.0. The number of carboxylic acids is 1. The monoisotopic (exact) mass is 561 g/mol. The van der Waals surface area contributed by atoms with E-state index in [2.05, 4.69) is 23.4 Å². The molecule has 1 aromatic carbocycles. The smallest absolute Gasteiger partial charge is 0.408 e. The van der Waals surface area contributed by atoms with Crippen LogP contribution in [0.15, 0.2) is 43.0 Å². The van der Waals surface area contributed by atoms with Gasteiger partial charge in [0.2, 0.25) is 0 Å². The summed E-state index contributed by atoms with van der Waals surface area (Å²) in [6, 6.07) is 8.75. The van der Waals surface area contributed by atoms with E-state index >= 15 is 0 Å². The average molecular weight is 562 g/mol. The molecule has 0 radical (unpaired) electrons. The van der Waals surface area contributed by atoms with Gasteiger partial charge in [0.1, 0.15) is 22.5 Å². The number of unbranched alkanes of at least 4 members (excludes halogenated alkanes) is 1. The van der Waals surface area contributed by atoms with Crippen LogP contribution in [0.4, 0.5) is 4.79 Å². The standard InChI is InChI=1S/C31H39N5O5/c1-8-10-11-15-36-24(28-33-23-16-20(29(37)38)18-25(40-7)26(23)35(28)6)17-19-13-14-22(32-27(19)36)21(12-9-2)34-30(39)41-31(3,4)5/h8,13-14,16-18,21H,1,9-12,15H2,2-7H3,(H,34,39)(H,37,38). The molecule has 0 bridgehead atoms. The van der Waals surface area contributed by atoms with E-state index in [0.717, 1.165) is 41.7 Å². The lowest BCUT2D eigenvalue weighted by atomic mass is 10.1. The van der Waals surface area contributed by atoms with Gasteiger partial charge in [0.25, 0.3) is 0 Å². The number of aryl methyl sites for hydroxylation is 2. The molecule has 1 amide bonds. The van der Waals surface area contributed by atoms with E-state index in [1.165, 1.54) is 13.2 Å². The molecule has 0 aliphatic heterocycles. The topological polar surface area (TPSA) is 120 Å². The predicted octanol–water partition coefficient (Wildman–Crippen LogP) is 6.63. The number of ether oxygens (including phenoxy) is 2. The van der Waals surface area contributed by atoms with Crippen molar-refractivity contribution in [2.24, 2.45) is 7.05 Å². The lowest BCUT2D eigenvalue weighted by molar-refractivity contribution is 0.0499. The summed E-state index contributed by atoms with van der Waals surface area (Å²) >= 11 is 0. The van der Waals surface area contributed by atoms with Gasteiger partial charge < -0.3 is 29.0 Å². The summed E-state index contributed by atoms with van der Waals surface area (Å²) in [5, 5.41) is 13.5. The van der Waals surface area contributed by atoms with Gasteiger partial charge in [-0.2, -0.15) is 0 Å². The zero-order valence-electron chi connectivity index (χ0n) is 24.7. The average Bonchev–Trinajstić information content (AvgIpc) is 3.43. The summed E-state index contributed by atoms with van der Waals surface area (Å²) in [6.45, 7) is 12.1. The Kier molecular flexibility index (Phi) is 8.70. The maximum atomic E-state index is 12.6. The van der Waals surface area contributed by atoms with Gasteiger partial charge in [0.05, 0.1) is 35.6 Å². The highest BCUT2D eigenvalue weighted by atomic mass is 16.6. The first-order valence-corrected chi connectivity index (χ1v) is 13.9. The highest BCUT2D eigenvalue weighted by Crippen LogP contribution is 2.34. The molecule has 41 heavy (non-hydrogen) atoms. The number of carbonyl (C=O) groups is 2.